The summed E-state index contributed by atoms with van der Waals surface area (Å²) in [6, 6.07) is 8.17. The number of aryl methyl sites for hydroxylation is 1. The van der Waals surface area contributed by atoms with E-state index in [0.717, 1.165) is 29.9 Å². The van der Waals surface area contributed by atoms with Crippen molar-refractivity contribution >= 4 is 23.7 Å². The van der Waals surface area contributed by atoms with Gasteiger partial charge in [-0.05, 0) is 36.8 Å². The standard InChI is InChI=1S/C17H23NO2S/c1-14-5-7-15(8-6-14)3-2-4-16(19)18-13-17(20)9-11-21-12-10-17/h2-3,5-8,20H,4,9-13H2,1H3,(H,18,19). The number of aliphatic hydroxyl groups is 1. The number of hydrogen-bond donors (Lipinski definition) is 2. The molecular formula is C17H23NO2S. The van der Waals surface area contributed by atoms with Crippen molar-refractivity contribution in [2.24, 2.45) is 0 Å². The van der Waals surface area contributed by atoms with E-state index in [2.05, 4.69) is 24.4 Å². The number of amides is 1. The second-order valence-corrected chi connectivity index (χ2v) is 6.86. The minimum absolute atomic E-state index is 0.0370. The Balaban J connectivity index is 1.73. The zero-order valence-electron chi connectivity index (χ0n) is 12.5. The molecule has 114 valence electrons. The Morgan fingerprint density at radius 3 is 2.67 bits per heavy atom. The molecule has 1 amide bonds. The molecule has 1 saturated heterocycles. The summed E-state index contributed by atoms with van der Waals surface area (Å²) >= 11 is 1.86. The molecule has 0 aromatic heterocycles. The lowest BCUT2D eigenvalue weighted by molar-refractivity contribution is -0.121. The van der Waals surface area contributed by atoms with Gasteiger partial charge in [0.15, 0.2) is 0 Å². The molecule has 21 heavy (non-hydrogen) atoms. The SMILES string of the molecule is Cc1ccc(C=CCC(=O)NCC2(O)CCSCC2)cc1. The first-order valence-electron chi connectivity index (χ1n) is 7.37. The molecule has 1 fully saturated rings. The molecule has 4 heteroatoms. The average molecular weight is 305 g/mol. The summed E-state index contributed by atoms with van der Waals surface area (Å²) in [5.74, 6) is 1.91. The molecule has 0 unspecified atom stereocenters. The second-order valence-electron chi connectivity index (χ2n) is 5.63. The average Bonchev–Trinajstić information content (AvgIpc) is 2.48. The van der Waals surface area contributed by atoms with E-state index in [1.165, 1.54) is 5.56 Å². The summed E-state index contributed by atoms with van der Waals surface area (Å²) in [6.07, 6.45) is 5.68. The summed E-state index contributed by atoms with van der Waals surface area (Å²) in [5.41, 5.74) is 1.61. The lowest BCUT2D eigenvalue weighted by Gasteiger charge is -2.31. The monoisotopic (exact) mass is 305 g/mol. The van der Waals surface area contributed by atoms with Crippen LogP contribution in [0.15, 0.2) is 30.3 Å². The van der Waals surface area contributed by atoms with E-state index in [4.69, 9.17) is 0 Å². The van der Waals surface area contributed by atoms with Crippen LogP contribution in [-0.4, -0.2) is 34.7 Å². The topological polar surface area (TPSA) is 49.3 Å². The summed E-state index contributed by atoms with van der Waals surface area (Å²) in [5, 5.41) is 13.1. The number of rotatable bonds is 5. The van der Waals surface area contributed by atoms with Gasteiger partial charge in [-0.15, -0.1) is 0 Å². The van der Waals surface area contributed by atoms with Crippen LogP contribution in [0.4, 0.5) is 0 Å². The van der Waals surface area contributed by atoms with Gasteiger partial charge in [0.1, 0.15) is 0 Å². The highest BCUT2D eigenvalue weighted by Crippen LogP contribution is 2.26. The van der Waals surface area contributed by atoms with Gasteiger partial charge in [0.25, 0.3) is 0 Å². The molecular weight excluding hydrogens is 282 g/mol. The normalized spacial score (nSPS) is 17.8. The molecule has 2 rings (SSSR count). The number of benzene rings is 1. The molecule has 0 spiro atoms. The van der Waals surface area contributed by atoms with Gasteiger partial charge >= 0.3 is 0 Å². The fraction of sp³-hybridized carbons (Fsp3) is 0.471. The van der Waals surface area contributed by atoms with Crippen molar-refractivity contribution in [2.75, 3.05) is 18.1 Å². The van der Waals surface area contributed by atoms with Crippen LogP contribution in [0.5, 0.6) is 0 Å². The zero-order chi connectivity index (χ0) is 15.1. The number of hydrogen-bond acceptors (Lipinski definition) is 3. The predicted octanol–water partition coefficient (Wildman–Crippen LogP) is 2.77. The zero-order valence-corrected chi connectivity index (χ0v) is 13.3. The molecule has 0 radical (unpaired) electrons. The Morgan fingerprint density at radius 2 is 2.00 bits per heavy atom. The number of nitrogens with one attached hydrogen (secondary N) is 1. The Hall–Kier alpha value is -1.26. The van der Waals surface area contributed by atoms with Crippen molar-refractivity contribution in [2.45, 2.75) is 31.8 Å². The minimum atomic E-state index is -0.707. The molecule has 1 heterocycles. The predicted molar refractivity (Wildman–Crippen MR) is 89.3 cm³/mol. The summed E-state index contributed by atoms with van der Waals surface area (Å²) in [6.45, 7) is 2.42. The first kappa shape index (κ1) is 16.1. The van der Waals surface area contributed by atoms with Crippen molar-refractivity contribution in [3.05, 3.63) is 41.5 Å². The maximum Gasteiger partial charge on any atom is 0.223 e. The van der Waals surface area contributed by atoms with E-state index >= 15 is 0 Å². The third kappa shape index (κ3) is 5.56. The van der Waals surface area contributed by atoms with Gasteiger partial charge in [-0.25, -0.2) is 0 Å². The molecule has 0 saturated carbocycles. The van der Waals surface area contributed by atoms with E-state index in [0.29, 0.717) is 13.0 Å². The van der Waals surface area contributed by atoms with Crippen LogP contribution in [0, 0.1) is 6.92 Å². The van der Waals surface area contributed by atoms with E-state index in [1.54, 1.807) is 0 Å². The van der Waals surface area contributed by atoms with Crippen molar-refractivity contribution in [1.82, 2.24) is 5.32 Å². The molecule has 0 aliphatic carbocycles. The third-order valence-electron chi connectivity index (χ3n) is 3.73. The first-order valence-corrected chi connectivity index (χ1v) is 8.53. The highest BCUT2D eigenvalue weighted by molar-refractivity contribution is 7.99. The summed E-state index contributed by atoms with van der Waals surface area (Å²) in [7, 11) is 0. The molecule has 1 aliphatic rings. The first-order chi connectivity index (χ1) is 10.1. The number of thioether (sulfide) groups is 1. The van der Waals surface area contributed by atoms with Crippen molar-refractivity contribution in [3.63, 3.8) is 0 Å². The Bertz CT molecular complexity index is 490. The number of carbonyl (C=O) groups is 1. The van der Waals surface area contributed by atoms with Crippen LogP contribution in [-0.2, 0) is 4.79 Å². The van der Waals surface area contributed by atoms with Gasteiger partial charge in [-0.2, -0.15) is 11.8 Å². The molecule has 0 atom stereocenters. The Labute approximate surface area is 130 Å². The van der Waals surface area contributed by atoms with Crippen LogP contribution in [0.1, 0.15) is 30.4 Å². The maximum absolute atomic E-state index is 11.8. The smallest absolute Gasteiger partial charge is 0.223 e. The Kier molecular flexibility index (Phi) is 5.88. The van der Waals surface area contributed by atoms with Crippen molar-refractivity contribution < 1.29 is 9.90 Å². The van der Waals surface area contributed by atoms with Gasteiger partial charge in [0, 0.05) is 13.0 Å². The molecule has 0 bridgehead atoms. The third-order valence-corrected chi connectivity index (χ3v) is 4.71. The highest BCUT2D eigenvalue weighted by Gasteiger charge is 2.29. The summed E-state index contributed by atoms with van der Waals surface area (Å²) < 4.78 is 0. The van der Waals surface area contributed by atoms with E-state index in [1.807, 2.05) is 36.0 Å². The molecule has 2 N–H and O–H groups in total. The van der Waals surface area contributed by atoms with Crippen LogP contribution in [0.25, 0.3) is 6.08 Å². The fourth-order valence-electron chi connectivity index (χ4n) is 2.24. The van der Waals surface area contributed by atoms with E-state index < -0.39 is 5.60 Å². The van der Waals surface area contributed by atoms with Gasteiger partial charge in [-0.1, -0.05) is 42.0 Å². The summed E-state index contributed by atoms with van der Waals surface area (Å²) in [4.78, 5) is 11.8. The largest absolute Gasteiger partial charge is 0.388 e. The highest BCUT2D eigenvalue weighted by atomic mass is 32.2. The van der Waals surface area contributed by atoms with Crippen LogP contribution >= 0.6 is 11.8 Å². The van der Waals surface area contributed by atoms with Gasteiger partial charge in [0.05, 0.1) is 5.60 Å². The van der Waals surface area contributed by atoms with Gasteiger partial charge < -0.3 is 10.4 Å². The Morgan fingerprint density at radius 1 is 1.33 bits per heavy atom. The van der Waals surface area contributed by atoms with Gasteiger partial charge in [-0.3, -0.25) is 4.79 Å². The molecule has 1 aromatic rings. The minimum Gasteiger partial charge on any atom is -0.388 e. The lowest BCUT2D eigenvalue weighted by Crippen LogP contribution is -2.45. The van der Waals surface area contributed by atoms with Crippen LogP contribution in [0.3, 0.4) is 0 Å². The maximum atomic E-state index is 11.8. The van der Waals surface area contributed by atoms with Gasteiger partial charge in [0.2, 0.25) is 5.91 Å². The van der Waals surface area contributed by atoms with Crippen molar-refractivity contribution in [3.8, 4) is 0 Å². The molecule has 1 aliphatic heterocycles. The molecule has 1 aromatic carbocycles. The second kappa shape index (κ2) is 7.66. The van der Waals surface area contributed by atoms with Crippen LogP contribution in [0.2, 0.25) is 0 Å². The molecule has 3 nitrogen and oxygen atoms in total. The lowest BCUT2D eigenvalue weighted by atomic mass is 9.97. The van der Waals surface area contributed by atoms with E-state index in [9.17, 15) is 9.90 Å². The quantitative estimate of drug-likeness (QED) is 0.879. The van der Waals surface area contributed by atoms with E-state index in [-0.39, 0.29) is 5.91 Å². The number of carbonyl (C=O) groups excluding carboxylic acids is 1. The fourth-order valence-corrected chi connectivity index (χ4v) is 3.50. The van der Waals surface area contributed by atoms with Crippen LogP contribution < -0.4 is 5.32 Å². The van der Waals surface area contributed by atoms with Crippen molar-refractivity contribution in [1.29, 1.82) is 0 Å².